The molecule has 3 nitrogen and oxygen atoms in total. The fourth-order valence-corrected chi connectivity index (χ4v) is 3.40. The number of nitrogens with one attached hydrogen (secondary N) is 1. The van der Waals surface area contributed by atoms with Gasteiger partial charge in [-0.05, 0) is 50.2 Å². The van der Waals surface area contributed by atoms with Crippen LogP contribution in [-0.4, -0.2) is 22.4 Å². The summed E-state index contributed by atoms with van der Waals surface area (Å²) in [6.45, 7) is 8.60. The predicted octanol–water partition coefficient (Wildman–Crippen LogP) is 3.68. The van der Waals surface area contributed by atoms with Crippen molar-refractivity contribution in [1.29, 1.82) is 0 Å². The lowest BCUT2D eigenvalue weighted by Gasteiger charge is -2.18. The maximum Gasteiger partial charge on any atom is 0.0624 e. The molecule has 21 heavy (non-hydrogen) atoms. The number of hydrogen-bond donors (Lipinski definition) is 1. The fraction of sp³-hybridized carbons (Fsp3) is 0.588. The zero-order chi connectivity index (χ0) is 15.1. The van der Waals surface area contributed by atoms with Crippen molar-refractivity contribution in [2.75, 3.05) is 6.54 Å². The Labute approximate surface area is 132 Å². The van der Waals surface area contributed by atoms with Crippen molar-refractivity contribution in [3.05, 3.63) is 39.8 Å². The summed E-state index contributed by atoms with van der Waals surface area (Å²) in [5.41, 5.74) is 2.57. The molecule has 1 atom stereocenters. The number of rotatable bonds is 9. The molecule has 1 N–H and O–H groups in total. The maximum atomic E-state index is 4.67. The van der Waals surface area contributed by atoms with Crippen molar-refractivity contribution >= 4 is 11.3 Å². The van der Waals surface area contributed by atoms with Crippen LogP contribution in [0.15, 0.2) is 23.6 Å². The molecule has 0 saturated carbocycles. The van der Waals surface area contributed by atoms with Gasteiger partial charge in [0, 0.05) is 29.6 Å². The van der Waals surface area contributed by atoms with Crippen LogP contribution in [0.2, 0.25) is 0 Å². The quantitative estimate of drug-likeness (QED) is 0.766. The van der Waals surface area contributed by atoms with E-state index in [1.54, 1.807) is 0 Å². The van der Waals surface area contributed by atoms with Crippen molar-refractivity contribution in [2.24, 2.45) is 0 Å². The van der Waals surface area contributed by atoms with Gasteiger partial charge in [-0.15, -0.1) is 11.3 Å². The zero-order valence-electron chi connectivity index (χ0n) is 13.4. The van der Waals surface area contributed by atoms with E-state index in [1.165, 1.54) is 22.7 Å². The molecular weight excluding hydrogens is 278 g/mol. The van der Waals surface area contributed by atoms with Crippen molar-refractivity contribution < 1.29 is 0 Å². The highest BCUT2D eigenvalue weighted by Crippen LogP contribution is 2.15. The van der Waals surface area contributed by atoms with E-state index < -0.39 is 0 Å². The molecule has 4 heteroatoms. The second-order valence-corrected chi connectivity index (χ2v) is 6.47. The molecule has 0 aliphatic rings. The molecule has 2 rings (SSSR count). The first-order chi connectivity index (χ1) is 10.3. The third-order valence-corrected chi connectivity index (χ3v) is 4.64. The van der Waals surface area contributed by atoms with Crippen molar-refractivity contribution in [1.82, 2.24) is 15.1 Å². The van der Waals surface area contributed by atoms with Crippen molar-refractivity contribution in [3.8, 4) is 0 Å². The van der Waals surface area contributed by atoms with Crippen LogP contribution in [0.4, 0.5) is 0 Å². The standard InChI is InChI=1S/C17H27N3S/c1-4-9-18-15(13-17-8-7-10-21-17)12-16-11-14(5-2)19-20(16)6-3/h7-8,10-11,15,18H,4-6,9,12-13H2,1-3H3. The van der Waals surface area contributed by atoms with E-state index in [-0.39, 0.29) is 0 Å². The molecule has 2 aromatic rings. The lowest BCUT2D eigenvalue weighted by molar-refractivity contribution is 0.485. The number of nitrogens with zero attached hydrogens (tertiary/aromatic N) is 2. The van der Waals surface area contributed by atoms with Gasteiger partial charge in [-0.2, -0.15) is 5.10 Å². The number of thiophene rings is 1. The molecule has 0 aliphatic carbocycles. The van der Waals surface area contributed by atoms with Crippen molar-refractivity contribution in [2.45, 2.75) is 59.0 Å². The highest BCUT2D eigenvalue weighted by atomic mass is 32.1. The SMILES string of the molecule is CCCNC(Cc1cccs1)Cc1cc(CC)nn1CC. The Morgan fingerprint density at radius 3 is 2.76 bits per heavy atom. The third kappa shape index (κ3) is 4.68. The molecule has 0 amide bonds. The number of aromatic nitrogens is 2. The summed E-state index contributed by atoms with van der Waals surface area (Å²) >= 11 is 1.85. The van der Waals surface area contributed by atoms with Crippen LogP contribution in [0.1, 0.15) is 43.5 Å². The molecule has 2 aromatic heterocycles. The summed E-state index contributed by atoms with van der Waals surface area (Å²) in [5.74, 6) is 0. The van der Waals surface area contributed by atoms with E-state index in [1.807, 2.05) is 11.3 Å². The van der Waals surface area contributed by atoms with Gasteiger partial charge in [0.2, 0.25) is 0 Å². The van der Waals surface area contributed by atoms with Gasteiger partial charge in [0.15, 0.2) is 0 Å². The molecule has 0 bridgehead atoms. The summed E-state index contributed by atoms with van der Waals surface area (Å²) in [5, 5.41) is 10.5. The van der Waals surface area contributed by atoms with Gasteiger partial charge in [0.1, 0.15) is 0 Å². The molecule has 1 unspecified atom stereocenters. The Morgan fingerprint density at radius 2 is 2.14 bits per heavy atom. The molecule has 0 aromatic carbocycles. The second kappa shape index (κ2) is 8.35. The minimum Gasteiger partial charge on any atom is -0.313 e. The predicted molar refractivity (Wildman–Crippen MR) is 91.1 cm³/mol. The van der Waals surface area contributed by atoms with Crippen LogP contribution in [0.25, 0.3) is 0 Å². The van der Waals surface area contributed by atoms with Gasteiger partial charge in [0.05, 0.1) is 5.69 Å². The molecule has 0 fully saturated rings. The van der Waals surface area contributed by atoms with Gasteiger partial charge < -0.3 is 5.32 Å². The molecular formula is C17H27N3S. The average Bonchev–Trinajstić information content (AvgIpc) is 3.14. The Bertz CT molecular complexity index is 516. The summed E-state index contributed by atoms with van der Waals surface area (Å²) < 4.78 is 2.16. The highest BCUT2D eigenvalue weighted by Gasteiger charge is 2.14. The van der Waals surface area contributed by atoms with E-state index in [9.17, 15) is 0 Å². The van der Waals surface area contributed by atoms with Gasteiger partial charge in [-0.1, -0.05) is 19.9 Å². The van der Waals surface area contributed by atoms with Crippen LogP contribution < -0.4 is 5.32 Å². The molecule has 2 heterocycles. The number of aryl methyl sites for hydroxylation is 2. The van der Waals surface area contributed by atoms with Gasteiger partial charge >= 0.3 is 0 Å². The largest absolute Gasteiger partial charge is 0.313 e. The fourth-order valence-electron chi connectivity index (χ4n) is 2.61. The summed E-state index contributed by atoms with van der Waals surface area (Å²) in [6, 6.07) is 7.15. The Kier molecular flexibility index (Phi) is 6.46. The van der Waals surface area contributed by atoms with Crippen LogP contribution in [-0.2, 0) is 25.8 Å². The Balaban J connectivity index is 2.08. The summed E-state index contributed by atoms with van der Waals surface area (Å²) in [6.07, 6.45) is 4.35. The Morgan fingerprint density at radius 1 is 1.29 bits per heavy atom. The van der Waals surface area contributed by atoms with Gasteiger partial charge in [-0.3, -0.25) is 4.68 Å². The average molecular weight is 305 g/mol. The van der Waals surface area contributed by atoms with Crippen molar-refractivity contribution in [3.63, 3.8) is 0 Å². The van der Waals surface area contributed by atoms with E-state index in [2.05, 4.69) is 59.4 Å². The first-order valence-electron chi connectivity index (χ1n) is 8.08. The van der Waals surface area contributed by atoms with Crippen LogP contribution in [0, 0.1) is 0 Å². The molecule has 116 valence electrons. The van der Waals surface area contributed by atoms with E-state index >= 15 is 0 Å². The second-order valence-electron chi connectivity index (χ2n) is 5.43. The van der Waals surface area contributed by atoms with Crippen LogP contribution in [0.3, 0.4) is 0 Å². The van der Waals surface area contributed by atoms with Crippen LogP contribution in [0.5, 0.6) is 0 Å². The maximum absolute atomic E-state index is 4.67. The lowest BCUT2D eigenvalue weighted by Crippen LogP contribution is -2.34. The molecule has 0 spiro atoms. The molecule has 0 saturated heterocycles. The highest BCUT2D eigenvalue weighted by molar-refractivity contribution is 7.09. The first kappa shape index (κ1) is 16.2. The minimum atomic E-state index is 0.496. The normalized spacial score (nSPS) is 12.7. The summed E-state index contributed by atoms with van der Waals surface area (Å²) in [7, 11) is 0. The lowest BCUT2D eigenvalue weighted by atomic mass is 10.1. The topological polar surface area (TPSA) is 29.9 Å². The number of hydrogen-bond acceptors (Lipinski definition) is 3. The monoisotopic (exact) mass is 305 g/mol. The van der Waals surface area contributed by atoms with E-state index in [4.69, 9.17) is 0 Å². The smallest absolute Gasteiger partial charge is 0.0624 e. The third-order valence-electron chi connectivity index (χ3n) is 3.74. The van der Waals surface area contributed by atoms with Gasteiger partial charge in [0.25, 0.3) is 0 Å². The van der Waals surface area contributed by atoms with E-state index in [0.717, 1.165) is 32.4 Å². The minimum absolute atomic E-state index is 0.496. The summed E-state index contributed by atoms with van der Waals surface area (Å²) in [4.78, 5) is 1.46. The van der Waals surface area contributed by atoms with Gasteiger partial charge in [-0.25, -0.2) is 0 Å². The van der Waals surface area contributed by atoms with E-state index in [0.29, 0.717) is 6.04 Å². The van der Waals surface area contributed by atoms with Crippen LogP contribution >= 0.6 is 11.3 Å². The molecule has 0 aliphatic heterocycles. The Hall–Kier alpha value is -1.13. The molecule has 0 radical (unpaired) electrons. The first-order valence-corrected chi connectivity index (χ1v) is 8.96. The zero-order valence-corrected chi connectivity index (χ0v) is 14.2.